The Labute approximate surface area is 135 Å². The van der Waals surface area contributed by atoms with E-state index in [1.54, 1.807) is 18.9 Å². The fourth-order valence-corrected chi connectivity index (χ4v) is 2.81. The predicted molar refractivity (Wildman–Crippen MR) is 89.2 cm³/mol. The molecule has 0 aliphatic rings. The smallest absolute Gasteiger partial charge is 0.306 e. The lowest BCUT2D eigenvalue weighted by Gasteiger charge is -2.06. The molecule has 0 fully saturated rings. The van der Waals surface area contributed by atoms with Crippen molar-refractivity contribution >= 4 is 17.7 Å². The van der Waals surface area contributed by atoms with Crippen LogP contribution in [0.4, 0.5) is 0 Å². The minimum Gasteiger partial charge on any atom is -0.497 e. The Bertz CT molecular complexity index is 584. The SMILES string of the molecule is COc1cccc(SCCCC(=O)OCc2ccccc2)c1. The molecule has 0 unspecified atom stereocenters. The molecule has 3 nitrogen and oxygen atoms in total. The number of methoxy groups -OCH3 is 1. The van der Waals surface area contributed by atoms with Crippen LogP contribution in [0.2, 0.25) is 0 Å². The number of rotatable bonds is 8. The van der Waals surface area contributed by atoms with E-state index in [0.29, 0.717) is 13.0 Å². The summed E-state index contributed by atoms with van der Waals surface area (Å²) in [5.74, 6) is 1.59. The van der Waals surface area contributed by atoms with Crippen molar-refractivity contribution in [1.29, 1.82) is 0 Å². The van der Waals surface area contributed by atoms with Crippen LogP contribution in [0.3, 0.4) is 0 Å². The van der Waals surface area contributed by atoms with Crippen molar-refractivity contribution in [3.8, 4) is 5.75 Å². The normalized spacial score (nSPS) is 10.2. The second-order valence-corrected chi connectivity index (χ2v) is 5.95. The van der Waals surface area contributed by atoms with Gasteiger partial charge in [0.2, 0.25) is 0 Å². The number of ether oxygens (including phenoxy) is 2. The van der Waals surface area contributed by atoms with Crippen molar-refractivity contribution in [2.24, 2.45) is 0 Å². The third-order valence-electron chi connectivity index (χ3n) is 3.08. The van der Waals surface area contributed by atoms with Crippen LogP contribution in [-0.4, -0.2) is 18.8 Å². The van der Waals surface area contributed by atoms with Gasteiger partial charge in [-0.3, -0.25) is 4.79 Å². The van der Waals surface area contributed by atoms with E-state index in [1.165, 1.54) is 0 Å². The first-order valence-electron chi connectivity index (χ1n) is 7.24. The number of carbonyl (C=O) groups is 1. The first-order valence-corrected chi connectivity index (χ1v) is 8.23. The fourth-order valence-electron chi connectivity index (χ4n) is 1.91. The van der Waals surface area contributed by atoms with Crippen molar-refractivity contribution in [1.82, 2.24) is 0 Å². The van der Waals surface area contributed by atoms with Crippen LogP contribution in [0.1, 0.15) is 18.4 Å². The van der Waals surface area contributed by atoms with E-state index in [4.69, 9.17) is 9.47 Å². The second kappa shape index (κ2) is 9.15. The van der Waals surface area contributed by atoms with Gasteiger partial charge in [-0.2, -0.15) is 0 Å². The van der Waals surface area contributed by atoms with E-state index in [1.807, 2.05) is 54.6 Å². The van der Waals surface area contributed by atoms with Gasteiger partial charge in [-0.1, -0.05) is 36.4 Å². The molecule has 0 N–H and O–H groups in total. The molecule has 22 heavy (non-hydrogen) atoms. The largest absolute Gasteiger partial charge is 0.497 e. The van der Waals surface area contributed by atoms with E-state index < -0.39 is 0 Å². The van der Waals surface area contributed by atoms with Gasteiger partial charge in [-0.15, -0.1) is 11.8 Å². The van der Waals surface area contributed by atoms with Gasteiger partial charge in [-0.25, -0.2) is 0 Å². The van der Waals surface area contributed by atoms with E-state index in [-0.39, 0.29) is 5.97 Å². The molecule has 0 aromatic heterocycles. The van der Waals surface area contributed by atoms with Gasteiger partial charge in [-0.05, 0) is 35.9 Å². The number of esters is 1. The van der Waals surface area contributed by atoms with E-state index in [0.717, 1.165) is 28.4 Å². The Kier molecular flexibility index (Phi) is 6.84. The molecule has 0 heterocycles. The van der Waals surface area contributed by atoms with Gasteiger partial charge in [0, 0.05) is 11.3 Å². The number of thioether (sulfide) groups is 1. The molecule has 0 aliphatic heterocycles. The van der Waals surface area contributed by atoms with Crippen LogP contribution >= 0.6 is 11.8 Å². The molecule has 0 saturated carbocycles. The highest BCUT2D eigenvalue weighted by Gasteiger charge is 2.04. The van der Waals surface area contributed by atoms with Crippen LogP contribution in [-0.2, 0) is 16.1 Å². The topological polar surface area (TPSA) is 35.5 Å². The van der Waals surface area contributed by atoms with Crippen LogP contribution in [0.15, 0.2) is 59.5 Å². The lowest BCUT2D eigenvalue weighted by atomic mass is 10.2. The summed E-state index contributed by atoms with van der Waals surface area (Å²) in [5, 5.41) is 0. The second-order valence-electron chi connectivity index (χ2n) is 4.78. The van der Waals surface area contributed by atoms with Crippen molar-refractivity contribution < 1.29 is 14.3 Å². The zero-order chi connectivity index (χ0) is 15.6. The molecule has 0 radical (unpaired) electrons. The van der Waals surface area contributed by atoms with Gasteiger partial charge < -0.3 is 9.47 Å². The van der Waals surface area contributed by atoms with Gasteiger partial charge in [0.15, 0.2) is 0 Å². The summed E-state index contributed by atoms with van der Waals surface area (Å²) in [7, 11) is 1.66. The zero-order valence-corrected chi connectivity index (χ0v) is 13.5. The maximum atomic E-state index is 11.7. The summed E-state index contributed by atoms with van der Waals surface area (Å²) in [4.78, 5) is 12.8. The highest BCUT2D eigenvalue weighted by atomic mass is 32.2. The molecule has 0 bridgehead atoms. The predicted octanol–water partition coefficient (Wildman–Crippen LogP) is 4.31. The molecule has 0 atom stereocenters. The average Bonchev–Trinajstić information content (AvgIpc) is 2.58. The molecule has 0 saturated heterocycles. The average molecular weight is 316 g/mol. The molecule has 0 spiro atoms. The maximum absolute atomic E-state index is 11.7. The number of hydrogen-bond donors (Lipinski definition) is 0. The monoisotopic (exact) mass is 316 g/mol. The van der Waals surface area contributed by atoms with Crippen LogP contribution in [0.25, 0.3) is 0 Å². The lowest BCUT2D eigenvalue weighted by molar-refractivity contribution is -0.144. The highest BCUT2D eigenvalue weighted by molar-refractivity contribution is 7.99. The maximum Gasteiger partial charge on any atom is 0.306 e. The third kappa shape index (κ3) is 5.82. The Balaban J connectivity index is 1.62. The fraction of sp³-hybridized carbons (Fsp3) is 0.278. The van der Waals surface area contributed by atoms with Crippen LogP contribution in [0.5, 0.6) is 5.75 Å². The summed E-state index contributed by atoms with van der Waals surface area (Å²) in [5.41, 5.74) is 1.02. The van der Waals surface area contributed by atoms with Crippen molar-refractivity contribution in [3.05, 3.63) is 60.2 Å². The molecular weight excluding hydrogens is 296 g/mol. The Hall–Kier alpha value is -1.94. The molecule has 2 aromatic rings. The minimum atomic E-state index is -0.143. The van der Waals surface area contributed by atoms with E-state index in [9.17, 15) is 4.79 Å². The third-order valence-corrected chi connectivity index (χ3v) is 4.16. The zero-order valence-electron chi connectivity index (χ0n) is 12.7. The van der Waals surface area contributed by atoms with E-state index in [2.05, 4.69) is 0 Å². The molecular formula is C18H20O3S. The molecule has 2 rings (SSSR count). The van der Waals surface area contributed by atoms with Crippen molar-refractivity contribution in [3.63, 3.8) is 0 Å². The first-order chi connectivity index (χ1) is 10.8. The Morgan fingerprint density at radius 2 is 1.91 bits per heavy atom. The highest BCUT2D eigenvalue weighted by Crippen LogP contribution is 2.23. The Morgan fingerprint density at radius 1 is 1.09 bits per heavy atom. The van der Waals surface area contributed by atoms with Gasteiger partial charge in [0.1, 0.15) is 12.4 Å². The Morgan fingerprint density at radius 3 is 2.68 bits per heavy atom. The summed E-state index contributed by atoms with van der Waals surface area (Å²) in [6.07, 6.45) is 1.25. The molecule has 2 aromatic carbocycles. The van der Waals surface area contributed by atoms with Crippen LogP contribution < -0.4 is 4.74 Å². The molecule has 4 heteroatoms. The lowest BCUT2D eigenvalue weighted by Crippen LogP contribution is -2.04. The van der Waals surface area contributed by atoms with Gasteiger partial charge in [0.05, 0.1) is 7.11 Å². The summed E-state index contributed by atoms with van der Waals surface area (Å²) >= 11 is 1.72. The quantitative estimate of drug-likeness (QED) is 0.413. The summed E-state index contributed by atoms with van der Waals surface area (Å²) in [6.45, 7) is 0.350. The minimum absolute atomic E-state index is 0.143. The van der Waals surface area contributed by atoms with Crippen LogP contribution in [0, 0.1) is 0 Å². The first kappa shape index (κ1) is 16.4. The standard InChI is InChI=1S/C18H20O3S/c1-20-16-9-5-10-17(13-16)22-12-6-11-18(19)21-14-15-7-3-2-4-8-15/h2-5,7-10,13H,6,11-12,14H2,1H3. The van der Waals surface area contributed by atoms with Crippen molar-refractivity contribution in [2.45, 2.75) is 24.3 Å². The molecule has 0 amide bonds. The van der Waals surface area contributed by atoms with Crippen molar-refractivity contribution in [2.75, 3.05) is 12.9 Å². The number of carbonyl (C=O) groups excluding carboxylic acids is 1. The number of benzene rings is 2. The molecule has 0 aliphatic carbocycles. The molecule has 116 valence electrons. The van der Waals surface area contributed by atoms with Gasteiger partial charge >= 0.3 is 5.97 Å². The van der Waals surface area contributed by atoms with E-state index >= 15 is 0 Å². The summed E-state index contributed by atoms with van der Waals surface area (Å²) < 4.78 is 10.4. The van der Waals surface area contributed by atoms with Gasteiger partial charge in [0.25, 0.3) is 0 Å². The summed E-state index contributed by atoms with van der Waals surface area (Å²) in [6, 6.07) is 17.7. The number of hydrogen-bond acceptors (Lipinski definition) is 4.